The minimum Gasteiger partial charge on any atom is -0.393 e. The Morgan fingerprint density at radius 3 is 2.56 bits per heavy atom. The fourth-order valence-corrected chi connectivity index (χ4v) is 3.56. The van der Waals surface area contributed by atoms with Crippen molar-refractivity contribution in [2.45, 2.75) is 78.7 Å². The predicted molar refractivity (Wildman–Crippen MR) is 70.4 cm³/mol. The van der Waals surface area contributed by atoms with Gasteiger partial charge < -0.3 is 5.11 Å². The Bertz CT molecular complexity index is 198. The van der Waals surface area contributed by atoms with Crippen LogP contribution in [0.4, 0.5) is 0 Å². The Morgan fingerprint density at radius 1 is 1.31 bits per heavy atom. The van der Waals surface area contributed by atoms with E-state index in [0.717, 1.165) is 31.1 Å². The zero-order valence-electron chi connectivity index (χ0n) is 11.6. The molecule has 1 saturated carbocycles. The zero-order chi connectivity index (χ0) is 12.2. The average Bonchev–Trinajstić information content (AvgIpc) is 2.16. The molecule has 16 heavy (non-hydrogen) atoms. The van der Waals surface area contributed by atoms with Crippen molar-refractivity contribution >= 4 is 0 Å². The van der Waals surface area contributed by atoms with E-state index in [1.165, 1.54) is 25.7 Å². The Labute approximate surface area is 102 Å². The summed E-state index contributed by atoms with van der Waals surface area (Å²) < 4.78 is 0. The van der Waals surface area contributed by atoms with Crippen molar-refractivity contribution in [2.75, 3.05) is 0 Å². The quantitative estimate of drug-likeness (QED) is 0.737. The van der Waals surface area contributed by atoms with Crippen molar-refractivity contribution in [2.24, 2.45) is 17.3 Å². The molecule has 0 aromatic rings. The number of aliphatic hydroxyl groups is 1. The van der Waals surface area contributed by atoms with E-state index in [-0.39, 0.29) is 6.10 Å². The van der Waals surface area contributed by atoms with Gasteiger partial charge in [-0.25, -0.2) is 0 Å². The molecular weight excluding hydrogens is 196 g/mol. The summed E-state index contributed by atoms with van der Waals surface area (Å²) in [6.45, 7) is 9.38. The Hall–Kier alpha value is -0.0400. The molecule has 0 aliphatic heterocycles. The van der Waals surface area contributed by atoms with Gasteiger partial charge in [-0.2, -0.15) is 0 Å². The van der Waals surface area contributed by atoms with Crippen LogP contribution in [0.2, 0.25) is 0 Å². The van der Waals surface area contributed by atoms with Gasteiger partial charge in [0.15, 0.2) is 0 Å². The van der Waals surface area contributed by atoms with E-state index < -0.39 is 0 Å². The van der Waals surface area contributed by atoms with Crippen LogP contribution >= 0.6 is 0 Å². The summed E-state index contributed by atoms with van der Waals surface area (Å²) in [4.78, 5) is 0. The summed E-state index contributed by atoms with van der Waals surface area (Å²) >= 11 is 0. The van der Waals surface area contributed by atoms with Gasteiger partial charge in [-0.05, 0) is 42.9 Å². The van der Waals surface area contributed by atoms with Crippen molar-refractivity contribution in [3.63, 3.8) is 0 Å². The molecule has 0 aromatic heterocycles. The summed E-state index contributed by atoms with van der Waals surface area (Å²) in [5.41, 5.74) is 0.490. The third-order valence-corrected chi connectivity index (χ3v) is 4.60. The van der Waals surface area contributed by atoms with Gasteiger partial charge in [0.25, 0.3) is 0 Å². The summed E-state index contributed by atoms with van der Waals surface area (Å²) in [5, 5.41) is 9.84. The van der Waals surface area contributed by atoms with Gasteiger partial charge in [-0.1, -0.05) is 47.0 Å². The summed E-state index contributed by atoms with van der Waals surface area (Å²) in [6, 6.07) is 0. The lowest BCUT2D eigenvalue weighted by Gasteiger charge is -2.43. The van der Waals surface area contributed by atoms with Crippen molar-refractivity contribution in [1.29, 1.82) is 0 Å². The van der Waals surface area contributed by atoms with E-state index in [4.69, 9.17) is 0 Å². The van der Waals surface area contributed by atoms with Gasteiger partial charge in [-0.15, -0.1) is 0 Å². The molecule has 1 N–H and O–H groups in total. The normalized spacial score (nSPS) is 31.3. The first-order valence-corrected chi connectivity index (χ1v) is 7.15. The molecule has 0 bridgehead atoms. The fraction of sp³-hybridized carbons (Fsp3) is 1.00. The molecule has 1 fully saturated rings. The van der Waals surface area contributed by atoms with Crippen molar-refractivity contribution in [1.82, 2.24) is 0 Å². The van der Waals surface area contributed by atoms with Crippen LogP contribution in [0, 0.1) is 17.3 Å². The SMILES string of the molecule is CCCC(O)CC[C@@H]1[C@@H](C)CCCC1(C)C. The van der Waals surface area contributed by atoms with Crippen LogP contribution in [0.25, 0.3) is 0 Å². The fourth-order valence-electron chi connectivity index (χ4n) is 3.56. The van der Waals surface area contributed by atoms with E-state index in [1.54, 1.807) is 0 Å². The maximum atomic E-state index is 9.84. The maximum Gasteiger partial charge on any atom is 0.0540 e. The number of aliphatic hydroxyl groups excluding tert-OH is 1. The summed E-state index contributed by atoms with van der Waals surface area (Å²) in [7, 11) is 0. The third-order valence-electron chi connectivity index (χ3n) is 4.60. The van der Waals surface area contributed by atoms with Crippen LogP contribution in [0.3, 0.4) is 0 Å². The molecule has 3 atom stereocenters. The molecule has 1 aliphatic carbocycles. The van der Waals surface area contributed by atoms with Crippen LogP contribution in [-0.2, 0) is 0 Å². The van der Waals surface area contributed by atoms with E-state index >= 15 is 0 Å². The average molecular weight is 226 g/mol. The minimum atomic E-state index is -0.0603. The predicted octanol–water partition coefficient (Wildman–Crippen LogP) is 4.39. The third kappa shape index (κ3) is 3.76. The first-order valence-electron chi connectivity index (χ1n) is 7.15. The molecule has 1 aliphatic rings. The highest BCUT2D eigenvalue weighted by molar-refractivity contribution is 4.86. The monoisotopic (exact) mass is 226 g/mol. The molecule has 96 valence electrons. The molecule has 0 aromatic carbocycles. The van der Waals surface area contributed by atoms with Gasteiger partial charge >= 0.3 is 0 Å². The van der Waals surface area contributed by atoms with Crippen molar-refractivity contribution < 1.29 is 5.11 Å². The highest BCUT2D eigenvalue weighted by Crippen LogP contribution is 2.46. The molecule has 1 heteroatoms. The Kier molecular flexibility index (Phi) is 5.30. The standard InChI is InChI=1S/C15H30O/c1-5-7-13(16)9-10-14-12(2)8-6-11-15(14,3)4/h12-14,16H,5-11H2,1-4H3/t12-,13?,14+/m0/s1. The van der Waals surface area contributed by atoms with Crippen molar-refractivity contribution in [3.8, 4) is 0 Å². The largest absolute Gasteiger partial charge is 0.393 e. The molecule has 0 heterocycles. The van der Waals surface area contributed by atoms with E-state index in [9.17, 15) is 5.11 Å². The molecule has 1 nitrogen and oxygen atoms in total. The highest BCUT2D eigenvalue weighted by atomic mass is 16.3. The van der Waals surface area contributed by atoms with Gasteiger partial charge in [0, 0.05) is 0 Å². The number of rotatable bonds is 5. The first kappa shape index (κ1) is 14.0. The number of hydrogen-bond acceptors (Lipinski definition) is 1. The van der Waals surface area contributed by atoms with Crippen LogP contribution in [0.15, 0.2) is 0 Å². The first-order chi connectivity index (χ1) is 7.47. The van der Waals surface area contributed by atoms with Crippen LogP contribution in [0.1, 0.15) is 72.6 Å². The topological polar surface area (TPSA) is 20.2 Å². The van der Waals surface area contributed by atoms with Gasteiger partial charge in [0.1, 0.15) is 0 Å². The van der Waals surface area contributed by atoms with Gasteiger partial charge in [0.2, 0.25) is 0 Å². The van der Waals surface area contributed by atoms with E-state index in [1.807, 2.05) is 0 Å². The number of hydrogen-bond donors (Lipinski definition) is 1. The second-order valence-corrected chi connectivity index (χ2v) is 6.48. The highest BCUT2D eigenvalue weighted by Gasteiger charge is 2.36. The molecule has 1 unspecified atom stereocenters. The molecule has 0 amide bonds. The second kappa shape index (κ2) is 6.05. The molecular formula is C15H30O. The van der Waals surface area contributed by atoms with Crippen LogP contribution in [0.5, 0.6) is 0 Å². The van der Waals surface area contributed by atoms with E-state index in [0.29, 0.717) is 5.41 Å². The molecule has 0 radical (unpaired) electrons. The smallest absolute Gasteiger partial charge is 0.0540 e. The molecule has 0 spiro atoms. The Balaban J connectivity index is 2.43. The van der Waals surface area contributed by atoms with Crippen molar-refractivity contribution in [3.05, 3.63) is 0 Å². The summed E-state index contributed by atoms with van der Waals surface area (Å²) in [6.07, 6.45) is 8.38. The Morgan fingerprint density at radius 2 is 2.00 bits per heavy atom. The van der Waals surface area contributed by atoms with Crippen LogP contribution < -0.4 is 0 Å². The lowest BCUT2D eigenvalue weighted by Crippen LogP contribution is -2.34. The summed E-state index contributed by atoms with van der Waals surface area (Å²) in [5.74, 6) is 1.66. The molecule has 0 saturated heterocycles. The zero-order valence-corrected chi connectivity index (χ0v) is 11.6. The maximum absolute atomic E-state index is 9.84. The lowest BCUT2D eigenvalue weighted by molar-refractivity contribution is 0.0560. The lowest BCUT2D eigenvalue weighted by atomic mass is 9.62. The second-order valence-electron chi connectivity index (χ2n) is 6.48. The van der Waals surface area contributed by atoms with E-state index in [2.05, 4.69) is 27.7 Å². The molecule has 1 rings (SSSR count). The van der Waals surface area contributed by atoms with Gasteiger partial charge in [-0.3, -0.25) is 0 Å². The van der Waals surface area contributed by atoms with Gasteiger partial charge in [0.05, 0.1) is 6.10 Å². The van der Waals surface area contributed by atoms with Crippen LogP contribution in [-0.4, -0.2) is 11.2 Å². The minimum absolute atomic E-state index is 0.0603.